The molecule has 104 valence electrons. The van der Waals surface area contributed by atoms with E-state index in [4.69, 9.17) is 18.6 Å². The third kappa shape index (κ3) is 2.80. The number of ether oxygens (including phenoxy) is 3. The molecule has 0 bridgehead atoms. The fourth-order valence-corrected chi connectivity index (χ4v) is 1.54. The minimum absolute atomic E-state index is 0.0543. The molecule has 0 aliphatic heterocycles. The molecule has 0 aliphatic rings. The Labute approximate surface area is 114 Å². The van der Waals surface area contributed by atoms with Crippen LogP contribution in [0, 0.1) is 0 Å². The number of aldehydes is 1. The smallest absolute Gasteiger partial charge is 0.379 e. The molecule has 0 fully saturated rings. The van der Waals surface area contributed by atoms with E-state index in [1.54, 1.807) is 18.2 Å². The summed E-state index contributed by atoms with van der Waals surface area (Å²) in [6, 6.07) is 7.50. The second kappa shape index (κ2) is 5.92. The Hall–Kier alpha value is -2.76. The summed E-state index contributed by atoms with van der Waals surface area (Å²) in [5.41, 5.74) is 0. The highest BCUT2D eigenvalue weighted by molar-refractivity contribution is 5.89. The normalized spacial score (nSPS) is 9.90. The quantitative estimate of drug-likeness (QED) is 0.474. The number of methoxy groups -OCH3 is 2. The Morgan fingerprint density at radius 2 is 1.90 bits per heavy atom. The first-order chi connectivity index (χ1) is 9.67. The van der Waals surface area contributed by atoms with Crippen molar-refractivity contribution in [2.75, 3.05) is 14.2 Å². The van der Waals surface area contributed by atoms with Crippen LogP contribution in [0.1, 0.15) is 21.1 Å². The molecule has 0 amide bonds. The molecular weight excluding hydrogens is 264 g/mol. The van der Waals surface area contributed by atoms with Gasteiger partial charge in [-0.2, -0.15) is 0 Å². The lowest BCUT2D eigenvalue weighted by atomic mass is 10.3. The largest absolute Gasteiger partial charge is 0.497 e. The zero-order chi connectivity index (χ0) is 14.5. The van der Waals surface area contributed by atoms with Gasteiger partial charge in [-0.25, -0.2) is 4.79 Å². The third-order valence-electron chi connectivity index (χ3n) is 2.52. The van der Waals surface area contributed by atoms with Crippen LogP contribution in [0.3, 0.4) is 0 Å². The average Bonchev–Trinajstić information content (AvgIpc) is 2.96. The lowest BCUT2D eigenvalue weighted by Gasteiger charge is -2.09. The van der Waals surface area contributed by atoms with E-state index in [0.29, 0.717) is 17.8 Å². The van der Waals surface area contributed by atoms with E-state index in [0.717, 1.165) is 0 Å². The third-order valence-corrected chi connectivity index (χ3v) is 2.52. The first-order valence-electron chi connectivity index (χ1n) is 5.67. The maximum absolute atomic E-state index is 11.8. The molecule has 0 radical (unpaired) electrons. The van der Waals surface area contributed by atoms with Crippen LogP contribution < -0.4 is 14.2 Å². The number of benzene rings is 1. The summed E-state index contributed by atoms with van der Waals surface area (Å²) in [6.45, 7) is 0. The maximum Gasteiger partial charge on any atom is 0.379 e. The molecule has 1 aromatic heterocycles. The van der Waals surface area contributed by atoms with E-state index in [-0.39, 0.29) is 17.3 Å². The van der Waals surface area contributed by atoms with Crippen LogP contribution in [0.25, 0.3) is 0 Å². The molecule has 1 heterocycles. The fraction of sp³-hybridized carbons (Fsp3) is 0.143. The van der Waals surface area contributed by atoms with Crippen molar-refractivity contribution in [3.8, 4) is 17.2 Å². The van der Waals surface area contributed by atoms with E-state index >= 15 is 0 Å². The summed E-state index contributed by atoms with van der Waals surface area (Å²) in [6.07, 6.45) is 0.505. The van der Waals surface area contributed by atoms with Crippen LogP contribution >= 0.6 is 0 Å². The topological polar surface area (TPSA) is 75.0 Å². The van der Waals surface area contributed by atoms with Gasteiger partial charge in [0.1, 0.15) is 5.75 Å². The number of carbonyl (C=O) groups excluding carboxylic acids is 2. The first kappa shape index (κ1) is 13.7. The molecular formula is C14H12O6. The monoisotopic (exact) mass is 276 g/mol. The summed E-state index contributed by atoms with van der Waals surface area (Å²) in [7, 11) is 2.97. The minimum atomic E-state index is -0.721. The predicted octanol–water partition coefficient (Wildman–Crippen LogP) is 2.33. The summed E-state index contributed by atoms with van der Waals surface area (Å²) in [5.74, 6) is 0.412. The van der Waals surface area contributed by atoms with Crippen molar-refractivity contribution in [1.82, 2.24) is 0 Å². The Bertz CT molecular complexity index is 628. The Kier molecular flexibility index (Phi) is 4.05. The molecule has 20 heavy (non-hydrogen) atoms. The first-order valence-corrected chi connectivity index (χ1v) is 5.67. The van der Waals surface area contributed by atoms with Gasteiger partial charge >= 0.3 is 5.97 Å². The van der Waals surface area contributed by atoms with Crippen LogP contribution in [0.4, 0.5) is 0 Å². The second-order valence-electron chi connectivity index (χ2n) is 3.73. The molecule has 1 aromatic carbocycles. The van der Waals surface area contributed by atoms with Gasteiger partial charge < -0.3 is 18.6 Å². The van der Waals surface area contributed by atoms with E-state index < -0.39 is 5.97 Å². The Morgan fingerprint density at radius 3 is 2.50 bits per heavy atom. The predicted molar refractivity (Wildman–Crippen MR) is 68.6 cm³/mol. The standard InChI is InChI=1S/C14H12O6/c1-17-9-3-5-11(13(7-9)18-2)20-14(16)12-6-4-10(8-15)19-12/h3-8H,1-2H3. The molecule has 0 N–H and O–H groups in total. The second-order valence-corrected chi connectivity index (χ2v) is 3.73. The van der Waals surface area contributed by atoms with Crippen molar-refractivity contribution in [2.45, 2.75) is 0 Å². The number of furan rings is 1. The zero-order valence-corrected chi connectivity index (χ0v) is 10.9. The summed E-state index contributed by atoms with van der Waals surface area (Å²) in [4.78, 5) is 22.3. The van der Waals surface area contributed by atoms with Gasteiger partial charge in [-0.15, -0.1) is 0 Å². The highest BCUT2D eigenvalue weighted by Gasteiger charge is 2.16. The molecule has 0 aliphatic carbocycles. The molecule has 0 unspecified atom stereocenters. The van der Waals surface area contributed by atoms with E-state index in [2.05, 4.69) is 0 Å². The minimum Gasteiger partial charge on any atom is -0.497 e. The Morgan fingerprint density at radius 1 is 1.10 bits per heavy atom. The van der Waals surface area contributed by atoms with Gasteiger partial charge in [-0.3, -0.25) is 4.79 Å². The summed E-state index contributed by atoms with van der Waals surface area (Å²) < 4.78 is 20.3. The molecule has 6 heteroatoms. The van der Waals surface area contributed by atoms with Crippen LogP contribution in [0.5, 0.6) is 17.2 Å². The van der Waals surface area contributed by atoms with Gasteiger partial charge in [-0.1, -0.05) is 0 Å². The summed E-state index contributed by atoms with van der Waals surface area (Å²) >= 11 is 0. The highest BCUT2D eigenvalue weighted by atomic mass is 16.6. The molecule has 0 atom stereocenters. The fourth-order valence-electron chi connectivity index (χ4n) is 1.54. The SMILES string of the molecule is COc1ccc(OC(=O)c2ccc(C=O)o2)c(OC)c1. The van der Waals surface area contributed by atoms with E-state index in [9.17, 15) is 9.59 Å². The number of hydrogen-bond acceptors (Lipinski definition) is 6. The molecule has 0 saturated heterocycles. The highest BCUT2D eigenvalue weighted by Crippen LogP contribution is 2.31. The molecule has 2 rings (SSSR count). The van der Waals surface area contributed by atoms with Crippen molar-refractivity contribution in [1.29, 1.82) is 0 Å². The van der Waals surface area contributed by atoms with E-state index in [1.807, 2.05) is 0 Å². The van der Waals surface area contributed by atoms with Crippen LogP contribution in [-0.4, -0.2) is 26.5 Å². The molecule has 2 aromatic rings. The molecule has 0 spiro atoms. The van der Waals surface area contributed by atoms with Crippen LogP contribution in [0.15, 0.2) is 34.7 Å². The van der Waals surface area contributed by atoms with Crippen LogP contribution in [-0.2, 0) is 0 Å². The number of carbonyl (C=O) groups is 2. The lowest BCUT2D eigenvalue weighted by Crippen LogP contribution is -2.08. The van der Waals surface area contributed by atoms with Gasteiger partial charge in [-0.05, 0) is 24.3 Å². The van der Waals surface area contributed by atoms with Crippen molar-refractivity contribution < 1.29 is 28.2 Å². The number of esters is 1. The van der Waals surface area contributed by atoms with Gasteiger partial charge in [0.2, 0.25) is 5.76 Å². The average molecular weight is 276 g/mol. The van der Waals surface area contributed by atoms with Gasteiger partial charge in [0, 0.05) is 6.07 Å². The molecule has 0 saturated carbocycles. The summed E-state index contributed by atoms with van der Waals surface area (Å²) in [5, 5.41) is 0. The zero-order valence-electron chi connectivity index (χ0n) is 10.9. The van der Waals surface area contributed by atoms with Crippen molar-refractivity contribution in [3.05, 3.63) is 41.9 Å². The number of rotatable bonds is 5. The van der Waals surface area contributed by atoms with E-state index in [1.165, 1.54) is 26.4 Å². The van der Waals surface area contributed by atoms with Crippen molar-refractivity contribution in [3.63, 3.8) is 0 Å². The maximum atomic E-state index is 11.8. The van der Waals surface area contributed by atoms with Gasteiger partial charge in [0.05, 0.1) is 14.2 Å². The Balaban J connectivity index is 2.20. The lowest BCUT2D eigenvalue weighted by molar-refractivity contribution is 0.0694. The van der Waals surface area contributed by atoms with Crippen molar-refractivity contribution >= 4 is 12.3 Å². The molecule has 6 nitrogen and oxygen atoms in total. The number of hydrogen-bond donors (Lipinski definition) is 0. The van der Waals surface area contributed by atoms with Gasteiger partial charge in [0.25, 0.3) is 0 Å². The van der Waals surface area contributed by atoms with Crippen molar-refractivity contribution in [2.24, 2.45) is 0 Å². The van der Waals surface area contributed by atoms with Crippen LogP contribution in [0.2, 0.25) is 0 Å². The van der Waals surface area contributed by atoms with Gasteiger partial charge in [0.15, 0.2) is 23.5 Å².